The molecule has 1 atom stereocenters. The van der Waals surface area contributed by atoms with E-state index < -0.39 is 0 Å². The van der Waals surface area contributed by atoms with Crippen LogP contribution in [0.4, 0.5) is 5.95 Å². The van der Waals surface area contributed by atoms with Gasteiger partial charge in [-0.3, -0.25) is 0 Å². The SMILES string of the molecule is CC(N)Cc1nc(N)nc2c1CN(C)CC2. The number of fused-ring (bicyclic) bond motifs is 1. The van der Waals surface area contributed by atoms with Crippen molar-refractivity contribution in [2.24, 2.45) is 5.73 Å². The molecule has 1 aliphatic rings. The fourth-order valence-electron chi connectivity index (χ4n) is 2.11. The molecule has 0 aliphatic carbocycles. The Morgan fingerprint density at radius 2 is 2.19 bits per heavy atom. The number of nitrogens with zero attached hydrogens (tertiary/aromatic N) is 3. The maximum atomic E-state index is 5.83. The van der Waals surface area contributed by atoms with Crippen molar-refractivity contribution in [3.05, 3.63) is 17.0 Å². The summed E-state index contributed by atoms with van der Waals surface area (Å²) in [7, 11) is 2.11. The first-order valence-electron chi connectivity index (χ1n) is 5.64. The second-order valence-electron chi connectivity index (χ2n) is 4.62. The lowest BCUT2D eigenvalue weighted by atomic mass is 10.0. The minimum atomic E-state index is 0.102. The number of nitrogens with two attached hydrogens (primary N) is 2. The molecule has 1 aromatic heterocycles. The quantitative estimate of drug-likeness (QED) is 0.731. The van der Waals surface area contributed by atoms with E-state index in [1.54, 1.807) is 0 Å². The van der Waals surface area contributed by atoms with Crippen LogP contribution >= 0.6 is 0 Å². The molecular formula is C11H19N5. The third-order valence-corrected chi connectivity index (χ3v) is 2.87. The smallest absolute Gasteiger partial charge is 0.220 e. The van der Waals surface area contributed by atoms with Crippen molar-refractivity contribution in [3.8, 4) is 0 Å². The maximum Gasteiger partial charge on any atom is 0.220 e. The molecule has 88 valence electrons. The van der Waals surface area contributed by atoms with Crippen molar-refractivity contribution in [2.45, 2.75) is 32.4 Å². The molecule has 1 unspecified atom stereocenters. The van der Waals surface area contributed by atoms with Gasteiger partial charge in [0.05, 0.1) is 11.4 Å². The third-order valence-electron chi connectivity index (χ3n) is 2.87. The Kier molecular flexibility index (Phi) is 3.07. The van der Waals surface area contributed by atoms with Crippen molar-refractivity contribution in [2.75, 3.05) is 19.3 Å². The second kappa shape index (κ2) is 4.35. The average molecular weight is 221 g/mol. The Hall–Kier alpha value is -1.20. The van der Waals surface area contributed by atoms with Crippen LogP contribution in [0.15, 0.2) is 0 Å². The topological polar surface area (TPSA) is 81.1 Å². The number of hydrogen-bond donors (Lipinski definition) is 2. The van der Waals surface area contributed by atoms with Gasteiger partial charge < -0.3 is 16.4 Å². The summed E-state index contributed by atoms with van der Waals surface area (Å²) in [6.45, 7) is 3.91. The Morgan fingerprint density at radius 3 is 2.88 bits per heavy atom. The average Bonchev–Trinajstić information content (AvgIpc) is 2.18. The zero-order chi connectivity index (χ0) is 11.7. The molecule has 0 fully saturated rings. The number of anilines is 1. The normalized spacial score (nSPS) is 18.2. The molecule has 0 amide bonds. The minimum Gasteiger partial charge on any atom is -0.368 e. The van der Waals surface area contributed by atoms with E-state index in [0.29, 0.717) is 5.95 Å². The summed E-state index contributed by atoms with van der Waals surface area (Å²) in [5.41, 5.74) is 14.9. The van der Waals surface area contributed by atoms with Gasteiger partial charge in [-0.25, -0.2) is 9.97 Å². The van der Waals surface area contributed by atoms with Crippen molar-refractivity contribution < 1.29 is 0 Å². The van der Waals surface area contributed by atoms with E-state index in [0.717, 1.165) is 37.3 Å². The van der Waals surface area contributed by atoms with Crippen LogP contribution in [-0.4, -0.2) is 34.5 Å². The largest absolute Gasteiger partial charge is 0.368 e. The summed E-state index contributed by atoms with van der Waals surface area (Å²) in [6.07, 6.45) is 1.72. The monoisotopic (exact) mass is 221 g/mol. The van der Waals surface area contributed by atoms with Crippen molar-refractivity contribution in [3.63, 3.8) is 0 Å². The van der Waals surface area contributed by atoms with Gasteiger partial charge >= 0.3 is 0 Å². The van der Waals surface area contributed by atoms with Crippen molar-refractivity contribution in [1.29, 1.82) is 0 Å². The van der Waals surface area contributed by atoms with Gasteiger partial charge in [0.25, 0.3) is 0 Å². The van der Waals surface area contributed by atoms with Crippen LogP contribution in [0.5, 0.6) is 0 Å². The number of hydrogen-bond acceptors (Lipinski definition) is 5. The van der Waals surface area contributed by atoms with Gasteiger partial charge in [0, 0.05) is 37.5 Å². The van der Waals surface area contributed by atoms with Crippen LogP contribution < -0.4 is 11.5 Å². The predicted octanol–water partition coefficient (Wildman–Crippen LogP) is -0.0636. The molecular weight excluding hydrogens is 202 g/mol. The first kappa shape index (κ1) is 11.3. The molecule has 2 rings (SSSR count). The first-order chi connectivity index (χ1) is 7.56. The molecule has 16 heavy (non-hydrogen) atoms. The molecule has 0 saturated carbocycles. The van der Waals surface area contributed by atoms with Gasteiger partial charge in [0.1, 0.15) is 0 Å². The Morgan fingerprint density at radius 1 is 1.44 bits per heavy atom. The molecule has 4 N–H and O–H groups in total. The standard InChI is InChI=1S/C11H19N5/c1-7(12)5-10-8-6-16(2)4-3-9(8)14-11(13)15-10/h7H,3-6,12H2,1-2H3,(H2,13,14,15). The third kappa shape index (κ3) is 2.31. The zero-order valence-corrected chi connectivity index (χ0v) is 9.90. The molecule has 0 spiro atoms. The molecule has 1 aromatic rings. The highest BCUT2D eigenvalue weighted by molar-refractivity contribution is 5.34. The number of likely N-dealkylation sites (N-methyl/N-ethyl adjacent to an activating group) is 1. The number of aromatic nitrogens is 2. The van der Waals surface area contributed by atoms with Crippen LogP contribution in [-0.2, 0) is 19.4 Å². The first-order valence-corrected chi connectivity index (χ1v) is 5.64. The Bertz CT molecular complexity index is 388. The summed E-state index contributed by atoms with van der Waals surface area (Å²) < 4.78 is 0. The number of rotatable bonds is 2. The van der Waals surface area contributed by atoms with E-state index in [4.69, 9.17) is 11.5 Å². The predicted molar refractivity (Wildman–Crippen MR) is 63.8 cm³/mol. The highest BCUT2D eigenvalue weighted by Gasteiger charge is 2.20. The van der Waals surface area contributed by atoms with Gasteiger partial charge in [-0.1, -0.05) is 0 Å². The van der Waals surface area contributed by atoms with E-state index >= 15 is 0 Å². The summed E-state index contributed by atoms with van der Waals surface area (Å²) >= 11 is 0. The molecule has 0 bridgehead atoms. The Balaban J connectivity index is 2.39. The van der Waals surface area contributed by atoms with Crippen LogP contribution in [0.1, 0.15) is 23.9 Å². The van der Waals surface area contributed by atoms with Crippen molar-refractivity contribution >= 4 is 5.95 Å². The van der Waals surface area contributed by atoms with Crippen LogP contribution in [0.2, 0.25) is 0 Å². The van der Waals surface area contributed by atoms with Gasteiger partial charge in [-0.05, 0) is 14.0 Å². The summed E-state index contributed by atoms with van der Waals surface area (Å²) in [5.74, 6) is 0.374. The lowest BCUT2D eigenvalue weighted by Crippen LogP contribution is -2.30. The zero-order valence-electron chi connectivity index (χ0n) is 9.90. The minimum absolute atomic E-state index is 0.102. The number of nitrogen functional groups attached to an aromatic ring is 1. The van der Waals surface area contributed by atoms with Crippen LogP contribution in [0.25, 0.3) is 0 Å². The van der Waals surface area contributed by atoms with Gasteiger partial charge in [0.15, 0.2) is 0 Å². The fourth-order valence-corrected chi connectivity index (χ4v) is 2.11. The van der Waals surface area contributed by atoms with E-state index in [1.807, 2.05) is 6.92 Å². The molecule has 0 radical (unpaired) electrons. The molecule has 0 saturated heterocycles. The van der Waals surface area contributed by atoms with Crippen molar-refractivity contribution in [1.82, 2.24) is 14.9 Å². The van der Waals surface area contributed by atoms with Gasteiger partial charge in [-0.15, -0.1) is 0 Å². The molecule has 1 aliphatic heterocycles. The molecule has 2 heterocycles. The van der Waals surface area contributed by atoms with E-state index in [2.05, 4.69) is 21.9 Å². The summed E-state index contributed by atoms with van der Waals surface area (Å²) in [5, 5.41) is 0. The highest BCUT2D eigenvalue weighted by atomic mass is 15.1. The molecule has 5 nitrogen and oxygen atoms in total. The van der Waals surface area contributed by atoms with Gasteiger partial charge in [0.2, 0.25) is 5.95 Å². The van der Waals surface area contributed by atoms with E-state index in [9.17, 15) is 0 Å². The molecule has 0 aromatic carbocycles. The maximum absolute atomic E-state index is 5.83. The van der Waals surface area contributed by atoms with E-state index in [1.165, 1.54) is 5.56 Å². The molecule has 5 heteroatoms. The summed E-state index contributed by atoms with van der Waals surface area (Å²) in [4.78, 5) is 10.9. The van der Waals surface area contributed by atoms with Crippen LogP contribution in [0, 0.1) is 0 Å². The fraction of sp³-hybridized carbons (Fsp3) is 0.636. The van der Waals surface area contributed by atoms with Gasteiger partial charge in [-0.2, -0.15) is 0 Å². The lowest BCUT2D eigenvalue weighted by molar-refractivity contribution is 0.307. The highest BCUT2D eigenvalue weighted by Crippen LogP contribution is 2.20. The second-order valence-corrected chi connectivity index (χ2v) is 4.62. The summed E-state index contributed by atoms with van der Waals surface area (Å²) in [6, 6.07) is 0.102. The van der Waals surface area contributed by atoms with Crippen LogP contribution in [0.3, 0.4) is 0 Å². The lowest BCUT2D eigenvalue weighted by Gasteiger charge is -2.26. The Labute approximate surface area is 95.9 Å². The van der Waals surface area contributed by atoms with E-state index in [-0.39, 0.29) is 6.04 Å².